The van der Waals surface area contributed by atoms with Crippen LogP contribution in [0.3, 0.4) is 0 Å². The third-order valence-electron chi connectivity index (χ3n) is 4.82. The molecule has 0 atom stereocenters. The fraction of sp³-hybridized carbons (Fsp3) is 0.478. The van der Waals surface area contributed by atoms with Crippen LogP contribution in [-0.4, -0.2) is 41.3 Å². The Morgan fingerprint density at radius 2 is 1.93 bits per heavy atom. The molecule has 1 aliphatic heterocycles. The van der Waals surface area contributed by atoms with Gasteiger partial charge in [-0.3, -0.25) is 0 Å². The lowest BCUT2D eigenvalue weighted by atomic mass is 9.90. The molecule has 0 saturated carbocycles. The zero-order valence-electron chi connectivity index (χ0n) is 18.0. The van der Waals surface area contributed by atoms with Crippen molar-refractivity contribution in [3.05, 3.63) is 47.9 Å². The number of para-hydroxylation sites is 1. The van der Waals surface area contributed by atoms with Gasteiger partial charge in [-0.1, -0.05) is 12.1 Å². The summed E-state index contributed by atoms with van der Waals surface area (Å²) in [6.45, 7) is 8.97. The van der Waals surface area contributed by atoms with Crippen LogP contribution in [0, 0.1) is 5.82 Å². The normalized spacial score (nSPS) is 15.0. The van der Waals surface area contributed by atoms with Gasteiger partial charge in [-0.25, -0.2) is 14.2 Å². The van der Waals surface area contributed by atoms with Crippen LogP contribution >= 0.6 is 0 Å². The lowest BCUT2D eigenvalue weighted by molar-refractivity contribution is 0.0204. The predicted molar refractivity (Wildman–Crippen MR) is 112 cm³/mol. The number of hydrogen-bond acceptors (Lipinski definition) is 5. The van der Waals surface area contributed by atoms with Crippen LogP contribution in [0.1, 0.15) is 52.0 Å². The average molecular weight is 416 g/mol. The van der Waals surface area contributed by atoms with Crippen molar-refractivity contribution in [2.75, 3.05) is 19.7 Å². The van der Waals surface area contributed by atoms with Crippen molar-refractivity contribution < 1.29 is 23.4 Å². The van der Waals surface area contributed by atoms with Crippen molar-refractivity contribution in [2.24, 2.45) is 0 Å². The number of carbonyl (C=O) groups excluding carboxylic acids is 1. The van der Waals surface area contributed by atoms with E-state index in [1.54, 1.807) is 23.2 Å². The summed E-state index contributed by atoms with van der Waals surface area (Å²) >= 11 is 0. The van der Waals surface area contributed by atoms with E-state index in [0.29, 0.717) is 31.3 Å². The molecule has 0 spiro atoms. The molecule has 1 aromatic heterocycles. The Morgan fingerprint density at radius 1 is 1.20 bits per heavy atom. The highest BCUT2D eigenvalue weighted by molar-refractivity contribution is 5.68. The zero-order valence-corrected chi connectivity index (χ0v) is 18.0. The second kappa shape index (κ2) is 9.32. The second-order valence-electron chi connectivity index (χ2n) is 8.24. The minimum atomic E-state index is -0.518. The van der Waals surface area contributed by atoms with E-state index < -0.39 is 11.4 Å². The van der Waals surface area contributed by atoms with E-state index >= 15 is 0 Å². The summed E-state index contributed by atoms with van der Waals surface area (Å²) in [5.41, 5.74) is 0.378. The number of hydrogen-bond donors (Lipinski definition) is 0. The molecule has 7 heteroatoms. The van der Waals surface area contributed by atoms with Gasteiger partial charge in [-0.15, -0.1) is 0 Å². The first-order valence-corrected chi connectivity index (χ1v) is 10.3. The van der Waals surface area contributed by atoms with Crippen LogP contribution in [0.25, 0.3) is 0 Å². The molecule has 0 radical (unpaired) electrons. The summed E-state index contributed by atoms with van der Waals surface area (Å²) in [6.07, 6.45) is 2.82. The van der Waals surface area contributed by atoms with Gasteiger partial charge in [0.2, 0.25) is 11.6 Å². The van der Waals surface area contributed by atoms with Gasteiger partial charge in [-0.05, 0) is 64.7 Å². The molecule has 0 unspecified atom stereocenters. The average Bonchev–Trinajstić information content (AvgIpc) is 2.70. The first-order chi connectivity index (χ1) is 14.3. The highest BCUT2D eigenvalue weighted by Crippen LogP contribution is 2.39. The third-order valence-corrected chi connectivity index (χ3v) is 4.82. The summed E-state index contributed by atoms with van der Waals surface area (Å²) in [4.78, 5) is 18.4. The lowest BCUT2D eigenvalue weighted by Gasteiger charge is -2.33. The van der Waals surface area contributed by atoms with E-state index in [2.05, 4.69) is 4.98 Å². The number of piperidine rings is 1. The fourth-order valence-corrected chi connectivity index (χ4v) is 3.45. The molecular weight excluding hydrogens is 387 g/mol. The minimum absolute atomic E-state index is 0.0329. The largest absolute Gasteiger partial charge is 0.490 e. The second-order valence-corrected chi connectivity index (χ2v) is 8.24. The Hall–Kier alpha value is -2.83. The molecular formula is C23H29FN2O4. The molecule has 1 fully saturated rings. The van der Waals surface area contributed by atoms with Crippen molar-refractivity contribution in [1.82, 2.24) is 9.88 Å². The number of aromatic nitrogens is 1. The van der Waals surface area contributed by atoms with Gasteiger partial charge in [0.05, 0.1) is 6.61 Å². The molecule has 2 heterocycles. The van der Waals surface area contributed by atoms with Crippen LogP contribution in [-0.2, 0) is 4.74 Å². The maximum Gasteiger partial charge on any atom is 0.410 e. The molecule has 6 nitrogen and oxygen atoms in total. The van der Waals surface area contributed by atoms with Crippen molar-refractivity contribution in [3.8, 4) is 17.4 Å². The Balaban J connectivity index is 1.74. The maximum atomic E-state index is 14.4. The van der Waals surface area contributed by atoms with Gasteiger partial charge in [-0.2, -0.15) is 0 Å². The molecule has 0 aliphatic carbocycles. The van der Waals surface area contributed by atoms with Crippen LogP contribution in [0.4, 0.5) is 9.18 Å². The number of ether oxygens (including phenoxy) is 3. The highest BCUT2D eigenvalue weighted by Gasteiger charge is 2.29. The van der Waals surface area contributed by atoms with Crippen LogP contribution in [0.15, 0.2) is 36.5 Å². The molecule has 1 aliphatic rings. The Kier molecular flexibility index (Phi) is 6.80. The third kappa shape index (κ3) is 5.40. The summed E-state index contributed by atoms with van der Waals surface area (Å²) < 4.78 is 31.3. The van der Waals surface area contributed by atoms with Crippen molar-refractivity contribution in [1.29, 1.82) is 0 Å². The number of halogens is 1. The van der Waals surface area contributed by atoms with Gasteiger partial charge in [0, 0.05) is 24.8 Å². The molecule has 2 aromatic rings. The van der Waals surface area contributed by atoms with Crippen molar-refractivity contribution in [3.63, 3.8) is 0 Å². The molecule has 1 aromatic carbocycles. The van der Waals surface area contributed by atoms with E-state index in [0.717, 1.165) is 18.4 Å². The van der Waals surface area contributed by atoms with Gasteiger partial charge in [0.15, 0.2) is 11.6 Å². The molecule has 30 heavy (non-hydrogen) atoms. The van der Waals surface area contributed by atoms with Gasteiger partial charge < -0.3 is 19.1 Å². The van der Waals surface area contributed by atoms with Crippen LogP contribution in [0.2, 0.25) is 0 Å². The smallest absolute Gasteiger partial charge is 0.410 e. The number of rotatable bonds is 5. The number of likely N-dealkylation sites (tertiary alicyclic amines) is 1. The molecule has 0 bridgehead atoms. The van der Waals surface area contributed by atoms with E-state index in [1.807, 2.05) is 39.8 Å². The van der Waals surface area contributed by atoms with Crippen molar-refractivity contribution >= 4 is 6.09 Å². The molecule has 3 rings (SSSR count). The van der Waals surface area contributed by atoms with E-state index in [9.17, 15) is 9.18 Å². The zero-order chi connectivity index (χ0) is 21.7. The van der Waals surface area contributed by atoms with Crippen LogP contribution in [0.5, 0.6) is 17.4 Å². The number of nitrogens with zero attached hydrogens (tertiary/aromatic N) is 2. The van der Waals surface area contributed by atoms with Gasteiger partial charge in [0.25, 0.3) is 0 Å². The first kappa shape index (κ1) is 21.9. The van der Waals surface area contributed by atoms with Gasteiger partial charge in [0.1, 0.15) is 5.60 Å². The standard InChI is InChI=1S/C23H29FN2O4/c1-5-28-19-10-6-9-18(24)20(19)29-21-17(8-7-13-25-21)16-11-14-26(15-12-16)22(27)30-23(2,3)4/h6-10,13,16H,5,11-12,14-15H2,1-4H3. The Bertz CT molecular complexity index is 874. The maximum absolute atomic E-state index is 14.4. The number of pyridine rings is 1. The first-order valence-electron chi connectivity index (χ1n) is 10.3. The van der Waals surface area contributed by atoms with Crippen molar-refractivity contribution in [2.45, 2.75) is 52.1 Å². The summed E-state index contributed by atoms with van der Waals surface area (Å²) in [5.74, 6) is 0.380. The SMILES string of the molecule is CCOc1cccc(F)c1Oc1ncccc1C1CCN(C(=O)OC(C)(C)C)CC1. The van der Waals surface area contributed by atoms with Crippen LogP contribution < -0.4 is 9.47 Å². The number of amides is 1. The molecule has 162 valence electrons. The Morgan fingerprint density at radius 3 is 2.60 bits per heavy atom. The highest BCUT2D eigenvalue weighted by atomic mass is 19.1. The summed E-state index contributed by atoms with van der Waals surface area (Å²) in [6, 6.07) is 8.37. The lowest BCUT2D eigenvalue weighted by Crippen LogP contribution is -2.41. The fourth-order valence-electron chi connectivity index (χ4n) is 3.45. The molecule has 1 amide bonds. The predicted octanol–water partition coefficient (Wildman–Crippen LogP) is 5.53. The van der Waals surface area contributed by atoms with E-state index in [-0.39, 0.29) is 17.8 Å². The summed E-state index contributed by atoms with van der Waals surface area (Å²) in [7, 11) is 0. The quantitative estimate of drug-likeness (QED) is 0.642. The Labute approximate surface area is 177 Å². The molecule has 1 saturated heterocycles. The van der Waals surface area contributed by atoms with E-state index in [1.165, 1.54) is 6.07 Å². The number of benzene rings is 1. The molecule has 0 N–H and O–H groups in total. The topological polar surface area (TPSA) is 60.9 Å². The minimum Gasteiger partial charge on any atom is -0.490 e. The number of carbonyl (C=O) groups is 1. The van der Waals surface area contributed by atoms with Gasteiger partial charge >= 0.3 is 6.09 Å². The van der Waals surface area contributed by atoms with E-state index in [4.69, 9.17) is 14.2 Å². The summed E-state index contributed by atoms with van der Waals surface area (Å²) in [5, 5.41) is 0. The monoisotopic (exact) mass is 416 g/mol.